The van der Waals surface area contributed by atoms with Crippen LogP contribution in [0.25, 0.3) is 0 Å². The van der Waals surface area contributed by atoms with E-state index in [-0.39, 0.29) is 13.2 Å². The number of amides is 3. The molecule has 0 unspecified atom stereocenters. The van der Waals surface area contributed by atoms with Crippen LogP contribution >= 0.6 is 0 Å². The molecule has 8 nitrogen and oxygen atoms in total. The highest BCUT2D eigenvalue weighted by molar-refractivity contribution is 6.29. The van der Waals surface area contributed by atoms with Crippen molar-refractivity contribution in [1.29, 1.82) is 0 Å². The third kappa shape index (κ3) is 4.71. The van der Waals surface area contributed by atoms with Gasteiger partial charge in [0.2, 0.25) is 0 Å². The average Bonchev–Trinajstić information content (AvgIpc) is 2.90. The largest absolute Gasteiger partial charge is 0.449 e. The minimum Gasteiger partial charge on any atom is -0.449 e. The van der Waals surface area contributed by atoms with Gasteiger partial charge in [-0.05, 0) is 56.9 Å². The van der Waals surface area contributed by atoms with Crippen LogP contribution in [-0.2, 0) is 4.74 Å². The highest BCUT2D eigenvalue weighted by Crippen LogP contribution is 2.33. The van der Waals surface area contributed by atoms with Crippen LogP contribution in [0.15, 0.2) is 0 Å². The molecule has 2 rings (SSSR count). The number of nitrogens with two attached hydrogens (primary N) is 1. The van der Waals surface area contributed by atoms with Gasteiger partial charge in [0.1, 0.15) is 0 Å². The van der Waals surface area contributed by atoms with Gasteiger partial charge in [0.25, 0.3) is 11.8 Å². The Labute approximate surface area is 159 Å². The number of rotatable bonds is 5. The zero-order valence-corrected chi connectivity index (χ0v) is 16.6. The molecule has 0 spiro atoms. The van der Waals surface area contributed by atoms with Crippen LogP contribution in [0.5, 0.6) is 0 Å². The summed E-state index contributed by atoms with van der Waals surface area (Å²) in [6.45, 7) is 11.4. The maximum absolute atomic E-state index is 12.4. The fraction of sp³-hybridized carbons (Fsp3) is 0.526. The number of carbonyl (C=O) groups excluding carboxylic acids is 3. The lowest BCUT2D eigenvalue weighted by Crippen LogP contribution is -2.36. The van der Waals surface area contributed by atoms with E-state index in [0.29, 0.717) is 29.1 Å². The van der Waals surface area contributed by atoms with E-state index in [0.717, 1.165) is 28.8 Å². The zero-order chi connectivity index (χ0) is 20.7. The van der Waals surface area contributed by atoms with Gasteiger partial charge in [0.15, 0.2) is 0 Å². The molecule has 1 aliphatic heterocycles. The van der Waals surface area contributed by atoms with E-state index in [4.69, 9.17) is 15.6 Å². The molecule has 0 saturated carbocycles. The molecule has 0 atom stereocenters. The van der Waals surface area contributed by atoms with Crippen LogP contribution in [-0.4, -0.2) is 60.8 Å². The SMILES string of the molecule is CCOC(=O)N1C(=O)c2c(C)c(C)c(C)c(C)c2C1=O.NCCNCCO. The molecule has 0 aromatic heterocycles. The van der Waals surface area contributed by atoms with Gasteiger partial charge in [-0.1, -0.05) is 0 Å². The summed E-state index contributed by atoms with van der Waals surface area (Å²) in [5.41, 5.74) is 9.19. The number of nitrogens with one attached hydrogen (secondary N) is 1. The Balaban J connectivity index is 0.000000445. The van der Waals surface area contributed by atoms with E-state index in [1.807, 2.05) is 13.8 Å². The number of aliphatic hydroxyl groups is 1. The first-order valence-corrected chi connectivity index (χ1v) is 8.91. The lowest BCUT2D eigenvalue weighted by atomic mass is 9.90. The molecule has 27 heavy (non-hydrogen) atoms. The number of nitrogens with zero attached hydrogens (tertiary/aromatic N) is 1. The Bertz CT molecular complexity index is 680. The van der Waals surface area contributed by atoms with E-state index in [1.54, 1.807) is 20.8 Å². The van der Waals surface area contributed by atoms with Crippen molar-refractivity contribution in [3.63, 3.8) is 0 Å². The summed E-state index contributed by atoms with van der Waals surface area (Å²) in [5.74, 6) is -1.18. The third-order valence-corrected chi connectivity index (χ3v) is 4.58. The van der Waals surface area contributed by atoms with Gasteiger partial charge in [0.05, 0.1) is 24.3 Å². The van der Waals surface area contributed by atoms with Crippen molar-refractivity contribution in [3.05, 3.63) is 33.4 Å². The van der Waals surface area contributed by atoms with Gasteiger partial charge >= 0.3 is 6.09 Å². The maximum atomic E-state index is 12.4. The van der Waals surface area contributed by atoms with Crippen molar-refractivity contribution >= 4 is 17.9 Å². The van der Waals surface area contributed by atoms with Crippen molar-refractivity contribution in [1.82, 2.24) is 10.2 Å². The molecular formula is C19H29N3O5. The summed E-state index contributed by atoms with van der Waals surface area (Å²) in [4.78, 5) is 37.1. The first-order valence-electron chi connectivity index (χ1n) is 8.91. The normalized spacial score (nSPS) is 12.6. The molecule has 1 aliphatic rings. The standard InChI is InChI=1S/C15H17NO4.C4H12N2O/c1-6-20-15(19)16-13(17)11-9(4)7(2)8(3)10(5)12(11)14(16)18;5-1-2-6-3-4-7/h6H2,1-5H3;6-7H,1-5H2. The van der Waals surface area contributed by atoms with Gasteiger partial charge in [-0.25, -0.2) is 4.79 Å². The molecule has 1 heterocycles. The number of fused-ring (bicyclic) bond motifs is 1. The van der Waals surface area contributed by atoms with Crippen molar-refractivity contribution in [3.8, 4) is 0 Å². The second-order valence-electron chi connectivity index (χ2n) is 6.16. The lowest BCUT2D eigenvalue weighted by molar-refractivity contribution is 0.0596. The predicted molar refractivity (Wildman–Crippen MR) is 102 cm³/mol. The van der Waals surface area contributed by atoms with Crippen LogP contribution in [0, 0.1) is 27.7 Å². The Morgan fingerprint density at radius 1 is 1.00 bits per heavy atom. The van der Waals surface area contributed by atoms with E-state index in [2.05, 4.69) is 5.32 Å². The molecule has 8 heteroatoms. The van der Waals surface area contributed by atoms with Crippen LogP contribution < -0.4 is 11.1 Å². The first-order chi connectivity index (χ1) is 12.7. The van der Waals surface area contributed by atoms with Crippen LogP contribution in [0.2, 0.25) is 0 Å². The monoisotopic (exact) mass is 379 g/mol. The molecule has 1 aromatic carbocycles. The second kappa shape index (κ2) is 10.1. The smallest absolute Gasteiger partial charge is 0.424 e. The van der Waals surface area contributed by atoms with E-state index in [9.17, 15) is 14.4 Å². The Kier molecular flexibility index (Phi) is 8.55. The van der Waals surface area contributed by atoms with Gasteiger partial charge in [-0.3, -0.25) is 9.59 Å². The minimum atomic E-state index is -0.909. The maximum Gasteiger partial charge on any atom is 0.424 e. The molecule has 150 valence electrons. The van der Waals surface area contributed by atoms with Gasteiger partial charge in [0, 0.05) is 19.6 Å². The quantitative estimate of drug-likeness (QED) is 0.519. The fourth-order valence-corrected chi connectivity index (χ4v) is 2.82. The predicted octanol–water partition coefficient (Wildman–Crippen LogP) is 1.20. The number of carbonyl (C=O) groups is 3. The number of aliphatic hydroxyl groups excluding tert-OH is 1. The molecule has 3 amide bonds. The fourth-order valence-electron chi connectivity index (χ4n) is 2.82. The Morgan fingerprint density at radius 2 is 1.48 bits per heavy atom. The van der Waals surface area contributed by atoms with Crippen molar-refractivity contribution in [2.45, 2.75) is 34.6 Å². The summed E-state index contributed by atoms with van der Waals surface area (Å²) >= 11 is 0. The molecule has 0 fully saturated rings. The molecule has 0 saturated heterocycles. The number of imide groups is 3. The topological polar surface area (TPSA) is 122 Å². The summed E-state index contributed by atoms with van der Waals surface area (Å²) in [5, 5.41) is 11.1. The Hall–Kier alpha value is -2.29. The highest BCUT2D eigenvalue weighted by Gasteiger charge is 2.43. The van der Waals surface area contributed by atoms with Crippen LogP contribution in [0.4, 0.5) is 4.79 Å². The van der Waals surface area contributed by atoms with Crippen LogP contribution in [0.3, 0.4) is 0 Å². The second-order valence-corrected chi connectivity index (χ2v) is 6.16. The van der Waals surface area contributed by atoms with Crippen LogP contribution in [0.1, 0.15) is 49.9 Å². The number of ether oxygens (including phenoxy) is 1. The van der Waals surface area contributed by atoms with Gasteiger partial charge in [-0.2, -0.15) is 4.90 Å². The number of benzene rings is 1. The van der Waals surface area contributed by atoms with Gasteiger partial charge in [-0.15, -0.1) is 0 Å². The molecule has 4 N–H and O–H groups in total. The summed E-state index contributed by atoms with van der Waals surface area (Å²) in [7, 11) is 0. The number of hydrogen-bond donors (Lipinski definition) is 3. The molecular weight excluding hydrogens is 350 g/mol. The average molecular weight is 379 g/mol. The molecule has 1 aromatic rings. The van der Waals surface area contributed by atoms with E-state index in [1.165, 1.54) is 0 Å². The minimum absolute atomic E-state index is 0.113. The summed E-state index contributed by atoms with van der Waals surface area (Å²) in [6, 6.07) is 0. The van der Waals surface area contributed by atoms with E-state index >= 15 is 0 Å². The summed E-state index contributed by atoms with van der Waals surface area (Å²) in [6.07, 6.45) is -0.909. The lowest BCUT2D eigenvalue weighted by Gasteiger charge is -2.12. The Morgan fingerprint density at radius 3 is 1.85 bits per heavy atom. The first kappa shape index (κ1) is 22.8. The molecule has 0 radical (unpaired) electrons. The third-order valence-electron chi connectivity index (χ3n) is 4.58. The van der Waals surface area contributed by atoms with Crippen molar-refractivity contribution in [2.24, 2.45) is 5.73 Å². The molecule has 0 aliphatic carbocycles. The van der Waals surface area contributed by atoms with Gasteiger partial charge < -0.3 is 20.9 Å². The highest BCUT2D eigenvalue weighted by atomic mass is 16.6. The molecule has 0 bridgehead atoms. The number of hydrogen-bond acceptors (Lipinski definition) is 7. The van der Waals surface area contributed by atoms with E-state index < -0.39 is 17.9 Å². The zero-order valence-electron chi connectivity index (χ0n) is 16.6. The summed E-state index contributed by atoms with van der Waals surface area (Å²) < 4.78 is 4.78. The van der Waals surface area contributed by atoms with Crippen molar-refractivity contribution < 1.29 is 24.2 Å². The van der Waals surface area contributed by atoms with Crippen molar-refractivity contribution in [2.75, 3.05) is 32.8 Å².